The number of hydrogen-bond acceptors (Lipinski definition) is 4. The number of nitrogens with two attached hydrogens (primary N) is 1. The molecule has 1 fully saturated rings. The minimum Gasteiger partial charge on any atom is -0.271 e. The summed E-state index contributed by atoms with van der Waals surface area (Å²) in [7, 11) is -3.42. The molecule has 0 spiro atoms. The average molecular weight is 369 g/mol. The van der Waals surface area contributed by atoms with Gasteiger partial charge in [0.1, 0.15) is 11.6 Å². The fourth-order valence-corrected chi connectivity index (χ4v) is 4.97. The molecule has 0 radical (unpaired) electrons. The summed E-state index contributed by atoms with van der Waals surface area (Å²) in [6.07, 6.45) is 1.60. The highest BCUT2D eigenvalue weighted by Gasteiger charge is 2.38. The van der Waals surface area contributed by atoms with Crippen molar-refractivity contribution in [2.45, 2.75) is 30.6 Å². The van der Waals surface area contributed by atoms with Gasteiger partial charge in [0.25, 0.3) is 0 Å². The molecule has 4 nitrogen and oxygen atoms in total. The van der Waals surface area contributed by atoms with Crippen molar-refractivity contribution in [3.63, 3.8) is 0 Å². The summed E-state index contributed by atoms with van der Waals surface area (Å²) in [6.45, 7) is 0. The van der Waals surface area contributed by atoms with Crippen molar-refractivity contribution in [2.24, 2.45) is 5.84 Å². The number of nitrogens with one attached hydrogen (secondary N) is 1. The van der Waals surface area contributed by atoms with E-state index in [-0.39, 0.29) is 15.8 Å². The smallest absolute Gasteiger partial charge is 0.155 e. The van der Waals surface area contributed by atoms with E-state index in [0.29, 0.717) is 19.3 Å². The summed E-state index contributed by atoms with van der Waals surface area (Å²) in [6, 6.07) is 1.22. The summed E-state index contributed by atoms with van der Waals surface area (Å²) >= 11 is 2.97. The molecule has 1 aliphatic rings. The molecule has 20 heavy (non-hydrogen) atoms. The van der Waals surface area contributed by atoms with Gasteiger partial charge in [0.05, 0.1) is 21.5 Å². The molecule has 0 amide bonds. The number of hydrogen-bond donors (Lipinski definition) is 2. The van der Waals surface area contributed by atoms with Gasteiger partial charge < -0.3 is 0 Å². The molecule has 0 aromatic heterocycles. The van der Waals surface area contributed by atoms with Crippen LogP contribution >= 0.6 is 15.9 Å². The lowest BCUT2D eigenvalue weighted by Crippen LogP contribution is -2.44. The molecule has 112 valence electrons. The number of hydrazine groups is 1. The maximum Gasteiger partial charge on any atom is 0.155 e. The van der Waals surface area contributed by atoms with Crippen LogP contribution in [0.3, 0.4) is 0 Å². The molecule has 1 saturated heterocycles. The Morgan fingerprint density at radius 2 is 2.05 bits per heavy atom. The fraction of sp³-hybridized carbons (Fsp3) is 0.500. The molecule has 3 N–H and O–H groups in total. The summed E-state index contributed by atoms with van der Waals surface area (Å²) in [5.41, 5.74) is 1.94. The molecule has 0 bridgehead atoms. The van der Waals surface area contributed by atoms with E-state index in [1.165, 1.54) is 6.07 Å². The van der Waals surface area contributed by atoms with E-state index in [1.54, 1.807) is 0 Å². The van der Waals surface area contributed by atoms with Crippen LogP contribution < -0.4 is 11.3 Å². The van der Waals surface area contributed by atoms with E-state index in [0.717, 1.165) is 6.07 Å². The third kappa shape index (κ3) is 2.88. The zero-order valence-electron chi connectivity index (χ0n) is 10.6. The van der Waals surface area contributed by atoms with Gasteiger partial charge in [0, 0.05) is 5.56 Å². The molecule has 0 aliphatic carbocycles. The minimum atomic E-state index is -3.42. The number of halogens is 3. The fourth-order valence-electron chi connectivity index (χ4n) is 2.56. The number of benzene rings is 1. The second-order valence-electron chi connectivity index (χ2n) is 4.80. The second kappa shape index (κ2) is 6.05. The Labute approximate surface area is 124 Å². The molecule has 2 atom stereocenters. The molecule has 2 unspecified atom stereocenters. The Balaban J connectivity index is 2.50. The first-order valence-electron chi connectivity index (χ1n) is 6.19. The zero-order chi connectivity index (χ0) is 14.9. The van der Waals surface area contributed by atoms with E-state index >= 15 is 0 Å². The van der Waals surface area contributed by atoms with Gasteiger partial charge in [0.15, 0.2) is 9.84 Å². The minimum absolute atomic E-state index is 0.0209. The third-order valence-electron chi connectivity index (χ3n) is 3.57. The van der Waals surface area contributed by atoms with Crippen molar-refractivity contribution in [1.29, 1.82) is 0 Å². The van der Waals surface area contributed by atoms with Crippen LogP contribution in [0.15, 0.2) is 16.6 Å². The Kier molecular flexibility index (Phi) is 4.78. The molecular formula is C12H15BrF2N2O2S. The van der Waals surface area contributed by atoms with Crippen LogP contribution in [-0.2, 0) is 9.84 Å². The highest BCUT2D eigenvalue weighted by molar-refractivity contribution is 9.10. The Morgan fingerprint density at radius 1 is 1.35 bits per heavy atom. The van der Waals surface area contributed by atoms with E-state index in [2.05, 4.69) is 21.4 Å². The van der Waals surface area contributed by atoms with E-state index in [1.807, 2.05) is 0 Å². The van der Waals surface area contributed by atoms with Crippen molar-refractivity contribution in [2.75, 3.05) is 5.75 Å². The summed E-state index contributed by atoms with van der Waals surface area (Å²) in [4.78, 5) is 0. The van der Waals surface area contributed by atoms with Crippen molar-refractivity contribution in [3.05, 3.63) is 33.8 Å². The summed E-state index contributed by atoms with van der Waals surface area (Å²) in [5.74, 6) is 3.77. The topological polar surface area (TPSA) is 72.2 Å². The van der Waals surface area contributed by atoms with Crippen LogP contribution in [0.5, 0.6) is 0 Å². The van der Waals surface area contributed by atoms with Gasteiger partial charge in [-0.1, -0.05) is 6.42 Å². The molecule has 1 aromatic carbocycles. The lowest BCUT2D eigenvalue weighted by atomic mass is 9.99. The van der Waals surface area contributed by atoms with Crippen molar-refractivity contribution in [3.8, 4) is 0 Å². The normalized spacial score (nSPS) is 23.5. The lowest BCUT2D eigenvalue weighted by molar-refractivity contribution is 0.421. The first kappa shape index (κ1) is 15.8. The van der Waals surface area contributed by atoms with Gasteiger partial charge in [-0.2, -0.15) is 0 Å². The SMILES string of the molecule is NNC(c1c(F)ccc(Br)c1F)C1CCCCS1(=O)=O. The van der Waals surface area contributed by atoms with Crippen LogP contribution in [0.2, 0.25) is 0 Å². The maximum atomic E-state index is 14.1. The molecule has 1 aromatic rings. The van der Waals surface area contributed by atoms with Gasteiger partial charge in [-0.25, -0.2) is 17.2 Å². The van der Waals surface area contributed by atoms with Crippen LogP contribution in [0.4, 0.5) is 8.78 Å². The van der Waals surface area contributed by atoms with Gasteiger partial charge in [-0.3, -0.25) is 11.3 Å². The van der Waals surface area contributed by atoms with Crippen molar-refractivity contribution < 1.29 is 17.2 Å². The number of sulfone groups is 1. The highest BCUT2D eigenvalue weighted by Crippen LogP contribution is 2.34. The van der Waals surface area contributed by atoms with Crippen molar-refractivity contribution in [1.82, 2.24) is 5.43 Å². The lowest BCUT2D eigenvalue weighted by Gasteiger charge is -2.30. The molecule has 1 heterocycles. The Bertz CT molecular complexity index is 610. The second-order valence-corrected chi connectivity index (χ2v) is 8.00. The zero-order valence-corrected chi connectivity index (χ0v) is 13.0. The molecular weight excluding hydrogens is 354 g/mol. The van der Waals surface area contributed by atoms with Crippen LogP contribution in [0.25, 0.3) is 0 Å². The molecule has 8 heteroatoms. The predicted molar refractivity (Wildman–Crippen MR) is 75.5 cm³/mol. The van der Waals surface area contributed by atoms with Gasteiger partial charge in [0.2, 0.25) is 0 Å². The molecule has 1 aliphatic heterocycles. The largest absolute Gasteiger partial charge is 0.271 e. The first-order chi connectivity index (χ1) is 9.38. The van der Waals surface area contributed by atoms with Gasteiger partial charge in [-0.15, -0.1) is 0 Å². The van der Waals surface area contributed by atoms with Gasteiger partial charge in [-0.05, 0) is 40.9 Å². The van der Waals surface area contributed by atoms with Gasteiger partial charge >= 0.3 is 0 Å². The van der Waals surface area contributed by atoms with Crippen LogP contribution in [-0.4, -0.2) is 19.4 Å². The van der Waals surface area contributed by atoms with E-state index in [9.17, 15) is 17.2 Å². The monoisotopic (exact) mass is 368 g/mol. The molecule has 2 rings (SSSR count). The van der Waals surface area contributed by atoms with Crippen LogP contribution in [0, 0.1) is 11.6 Å². The Hall–Kier alpha value is -0.570. The number of rotatable bonds is 3. The van der Waals surface area contributed by atoms with Crippen molar-refractivity contribution >= 4 is 25.8 Å². The standard InChI is InChI=1S/C12H15BrF2N2O2S/c13-7-4-5-8(14)10(11(7)15)12(17-16)9-3-1-2-6-20(9,18)19/h4-5,9,12,17H,1-3,6,16H2. The highest BCUT2D eigenvalue weighted by atomic mass is 79.9. The predicted octanol–water partition coefficient (Wildman–Crippen LogP) is 2.20. The average Bonchev–Trinajstić information content (AvgIpc) is 2.40. The first-order valence-corrected chi connectivity index (χ1v) is 8.70. The molecule has 0 saturated carbocycles. The van der Waals surface area contributed by atoms with E-state index < -0.39 is 32.8 Å². The quantitative estimate of drug-likeness (QED) is 0.487. The summed E-state index contributed by atoms with van der Waals surface area (Å²) in [5, 5.41) is -0.917. The third-order valence-corrected chi connectivity index (χ3v) is 6.47. The van der Waals surface area contributed by atoms with Crippen LogP contribution in [0.1, 0.15) is 30.9 Å². The Morgan fingerprint density at radius 3 is 2.65 bits per heavy atom. The summed E-state index contributed by atoms with van der Waals surface area (Å²) < 4.78 is 52.3. The maximum absolute atomic E-state index is 14.1. The van der Waals surface area contributed by atoms with E-state index in [4.69, 9.17) is 5.84 Å².